The number of fused-ring (bicyclic) bond motifs is 1. The van der Waals surface area contributed by atoms with Crippen LogP contribution in [0.25, 0.3) is 0 Å². The number of aliphatic hydroxyl groups excluding tert-OH is 3. The van der Waals surface area contributed by atoms with Crippen LogP contribution in [0.1, 0.15) is 84.5 Å². The van der Waals surface area contributed by atoms with Gasteiger partial charge in [0.05, 0.1) is 12.2 Å². The lowest BCUT2D eigenvalue weighted by atomic mass is 9.88. The van der Waals surface area contributed by atoms with E-state index in [1.165, 1.54) is 44.9 Å². The number of rotatable bonds is 16. The zero-order valence-electron chi connectivity index (χ0n) is 19.4. The van der Waals surface area contributed by atoms with Crippen LogP contribution in [0, 0.1) is 23.7 Å². The average Bonchev–Trinajstić information content (AvgIpc) is 3.23. The molecule has 4 heteroatoms. The van der Waals surface area contributed by atoms with Crippen molar-refractivity contribution in [1.82, 2.24) is 5.32 Å². The number of aliphatic hydroxyl groups is 3. The van der Waals surface area contributed by atoms with Gasteiger partial charge in [0.25, 0.3) is 0 Å². The van der Waals surface area contributed by atoms with E-state index in [0.29, 0.717) is 17.8 Å². The monoisotopic (exact) mass is 421 g/mol. The van der Waals surface area contributed by atoms with Crippen molar-refractivity contribution in [2.75, 3.05) is 19.7 Å². The molecule has 174 valence electrons. The summed E-state index contributed by atoms with van der Waals surface area (Å²) < 4.78 is 0. The summed E-state index contributed by atoms with van der Waals surface area (Å²) in [5, 5.41) is 33.1. The maximum atomic E-state index is 10.5. The van der Waals surface area contributed by atoms with Crippen LogP contribution < -0.4 is 5.32 Å². The molecule has 0 aromatic carbocycles. The molecule has 0 unspecified atom stereocenters. The van der Waals surface area contributed by atoms with Crippen molar-refractivity contribution in [2.45, 2.75) is 96.7 Å². The average molecular weight is 422 g/mol. The predicted molar refractivity (Wildman–Crippen MR) is 125 cm³/mol. The number of allylic oxidation sites excluding steroid dienone is 2. The number of hydrogen-bond acceptors (Lipinski definition) is 4. The second-order valence-electron chi connectivity index (χ2n) is 9.81. The van der Waals surface area contributed by atoms with Crippen molar-refractivity contribution in [3.8, 4) is 0 Å². The Balaban J connectivity index is 1.68. The summed E-state index contributed by atoms with van der Waals surface area (Å²) in [6.07, 6.45) is 18.0. The van der Waals surface area contributed by atoms with E-state index in [1.807, 2.05) is 6.08 Å². The molecule has 0 heterocycles. The van der Waals surface area contributed by atoms with E-state index in [9.17, 15) is 10.2 Å². The molecule has 0 aliphatic heterocycles. The van der Waals surface area contributed by atoms with Crippen LogP contribution in [0.3, 0.4) is 0 Å². The van der Waals surface area contributed by atoms with Crippen LogP contribution in [0.5, 0.6) is 0 Å². The van der Waals surface area contributed by atoms with Gasteiger partial charge in [0, 0.05) is 12.5 Å². The van der Waals surface area contributed by atoms with Crippen LogP contribution in [-0.2, 0) is 0 Å². The van der Waals surface area contributed by atoms with Crippen LogP contribution in [0.4, 0.5) is 0 Å². The Kier molecular flexibility index (Phi) is 12.3. The first-order chi connectivity index (χ1) is 14.5. The highest BCUT2D eigenvalue weighted by Gasteiger charge is 2.43. The van der Waals surface area contributed by atoms with Crippen LogP contribution in [0.2, 0.25) is 0 Å². The molecule has 30 heavy (non-hydrogen) atoms. The lowest BCUT2D eigenvalue weighted by Gasteiger charge is -2.19. The van der Waals surface area contributed by atoms with E-state index in [-0.39, 0.29) is 24.7 Å². The molecular weight excluding hydrogens is 374 g/mol. The Morgan fingerprint density at radius 2 is 1.97 bits per heavy atom. The molecule has 0 spiro atoms. The van der Waals surface area contributed by atoms with Gasteiger partial charge in [-0.3, -0.25) is 0 Å². The Bertz CT molecular complexity index is 518. The van der Waals surface area contributed by atoms with E-state index in [2.05, 4.69) is 31.3 Å². The van der Waals surface area contributed by atoms with E-state index in [4.69, 9.17) is 5.11 Å². The van der Waals surface area contributed by atoms with Crippen molar-refractivity contribution in [1.29, 1.82) is 0 Å². The summed E-state index contributed by atoms with van der Waals surface area (Å²) >= 11 is 0. The second kappa shape index (κ2) is 14.4. The third-order valence-electron chi connectivity index (χ3n) is 7.06. The minimum absolute atomic E-state index is 0.195. The highest BCUT2D eigenvalue weighted by atomic mass is 16.3. The summed E-state index contributed by atoms with van der Waals surface area (Å²) in [7, 11) is 0. The molecule has 0 aromatic heterocycles. The molecule has 0 saturated heterocycles. The third kappa shape index (κ3) is 8.82. The molecule has 2 rings (SSSR count). The van der Waals surface area contributed by atoms with Crippen molar-refractivity contribution < 1.29 is 15.3 Å². The van der Waals surface area contributed by atoms with Gasteiger partial charge in [-0.1, -0.05) is 63.3 Å². The van der Waals surface area contributed by atoms with E-state index in [0.717, 1.165) is 38.8 Å². The van der Waals surface area contributed by atoms with Crippen molar-refractivity contribution >= 4 is 0 Å². The lowest BCUT2D eigenvalue weighted by Crippen LogP contribution is -2.18. The standard InChI is InChI=1S/C26H47NO3/c1-3-4-9-20(2)16-23(29)11-12-24-25-18-21(17-22(25)19-26(24)30)10-6-5-7-13-27-14-8-15-28/h11-12,17,20,22-30H,3-10,13-16,18-19H2,1-2H3/t20-,22+,23-,24-,25+,26-/m1/s1. The van der Waals surface area contributed by atoms with E-state index in [1.54, 1.807) is 5.57 Å². The van der Waals surface area contributed by atoms with Gasteiger partial charge in [0.15, 0.2) is 0 Å². The van der Waals surface area contributed by atoms with E-state index >= 15 is 0 Å². The number of unbranched alkanes of at least 4 members (excludes halogenated alkanes) is 3. The number of hydrogen-bond donors (Lipinski definition) is 4. The molecule has 4 N–H and O–H groups in total. The second-order valence-corrected chi connectivity index (χ2v) is 9.81. The molecule has 2 aliphatic rings. The van der Waals surface area contributed by atoms with Crippen LogP contribution in [-0.4, -0.2) is 47.2 Å². The summed E-state index contributed by atoms with van der Waals surface area (Å²) in [5.74, 6) is 1.79. The quantitative estimate of drug-likeness (QED) is 0.217. The van der Waals surface area contributed by atoms with Gasteiger partial charge in [0.2, 0.25) is 0 Å². The summed E-state index contributed by atoms with van der Waals surface area (Å²) in [5.41, 5.74) is 1.58. The van der Waals surface area contributed by atoms with Crippen molar-refractivity contribution in [2.24, 2.45) is 23.7 Å². The molecular formula is C26H47NO3. The highest BCUT2D eigenvalue weighted by molar-refractivity contribution is 5.21. The summed E-state index contributed by atoms with van der Waals surface area (Å²) in [6, 6.07) is 0. The fourth-order valence-electron chi connectivity index (χ4n) is 5.32. The van der Waals surface area contributed by atoms with Gasteiger partial charge in [-0.2, -0.15) is 0 Å². The summed E-state index contributed by atoms with van der Waals surface area (Å²) in [6.45, 7) is 6.66. The fourth-order valence-corrected chi connectivity index (χ4v) is 5.32. The van der Waals surface area contributed by atoms with Crippen molar-refractivity contribution in [3.05, 3.63) is 23.8 Å². The Morgan fingerprint density at radius 3 is 2.73 bits per heavy atom. The normalized spacial score (nSPS) is 28.1. The molecule has 6 atom stereocenters. The van der Waals surface area contributed by atoms with Gasteiger partial charge < -0.3 is 20.6 Å². The molecule has 0 aromatic rings. The first-order valence-electron chi connectivity index (χ1n) is 12.6. The van der Waals surface area contributed by atoms with Gasteiger partial charge in [-0.05, 0) is 75.8 Å². The lowest BCUT2D eigenvalue weighted by molar-refractivity contribution is 0.139. The van der Waals surface area contributed by atoms with E-state index < -0.39 is 0 Å². The first-order valence-corrected chi connectivity index (χ1v) is 12.6. The largest absolute Gasteiger partial charge is 0.396 e. The topological polar surface area (TPSA) is 72.7 Å². The van der Waals surface area contributed by atoms with Gasteiger partial charge >= 0.3 is 0 Å². The minimum Gasteiger partial charge on any atom is -0.396 e. The Morgan fingerprint density at radius 1 is 1.17 bits per heavy atom. The summed E-state index contributed by atoms with van der Waals surface area (Å²) in [4.78, 5) is 0. The zero-order chi connectivity index (χ0) is 21.8. The Hall–Kier alpha value is -0.680. The molecule has 0 radical (unpaired) electrons. The first kappa shape index (κ1) is 25.6. The van der Waals surface area contributed by atoms with Crippen LogP contribution in [0.15, 0.2) is 23.8 Å². The molecule has 1 saturated carbocycles. The molecule has 1 fully saturated rings. The fraction of sp³-hybridized carbons (Fsp3) is 0.846. The van der Waals surface area contributed by atoms with Crippen molar-refractivity contribution in [3.63, 3.8) is 0 Å². The maximum absolute atomic E-state index is 10.5. The minimum atomic E-state index is -0.386. The van der Waals surface area contributed by atoms with Crippen LogP contribution >= 0.6 is 0 Å². The SMILES string of the molecule is CCCC[C@@H](C)C[C@H](O)C=C[C@@H]1[C@H]2CC(CCCCCNCCCO)=C[C@H]2C[C@H]1O. The van der Waals surface area contributed by atoms with Gasteiger partial charge in [-0.25, -0.2) is 0 Å². The third-order valence-corrected chi connectivity index (χ3v) is 7.06. The molecule has 2 aliphatic carbocycles. The smallest absolute Gasteiger partial charge is 0.0723 e. The highest BCUT2D eigenvalue weighted by Crippen LogP contribution is 2.48. The number of nitrogens with one attached hydrogen (secondary N) is 1. The maximum Gasteiger partial charge on any atom is 0.0723 e. The molecule has 0 bridgehead atoms. The molecule has 0 amide bonds. The zero-order valence-corrected chi connectivity index (χ0v) is 19.4. The van der Waals surface area contributed by atoms with Gasteiger partial charge in [0.1, 0.15) is 0 Å². The Labute approximate surface area is 184 Å². The predicted octanol–water partition coefficient (Wildman–Crippen LogP) is 4.60. The molecule has 4 nitrogen and oxygen atoms in total. The van der Waals surface area contributed by atoms with Gasteiger partial charge in [-0.15, -0.1) is 0 Å².